The summed E-state index contributed by atoms with van der Waals surface area (Å²) in [5.41, 5.74) is -1.78. The molecule has 0 aromatic heterocycles. The third kappa shape index (κ3) is 23.1. The van der Waals surface area contributed by atoms with E-state index in [0.29, 0.717) is 70.9 Å². The molecule has 3 unspecified atom stereocenters. The third-order valence-corrected chi connectivity index (χ3v) is 23.9. The number of hydrogen-bond donors (Lipinski definition) is 3. The van der Waals surface area contributed by atoms with Gasteiger partial charge in [0, 0.05) is 81.3 Å². The van der Waals surface area contributed by atoms with Gasteiger partial charge in [-0.3, -0.25) is 57.5 Å². The van der Waals surface area contributed by atoms with Crippen molar-refractivity contribution in [1.82, 2.24) is 60.0 Å². The number of rotatable bonds is 14. The van der Waals surface area contributed by atoms with Gasteiger partial charge in [-0.2, -0.15) is 13.2 Å². The first-order valence-corrected chi connectivity index (χ1v) is 38.6. The second-order valence-electron chi connectivity index (χ2n) is 31.5. The number of likely N-dealkylation sites (tertiary alicyclic amines) is 1. The monoisotopic (exact) mass is 1500 g/mol. The predicted molar refractivity (Wildman–Crippen MR) is 382 cm³/mol. The van der Waals surface area contributed by atoms with Crippen LogP contribution in [0.15, 0.2) is 0 Å². The molecular formula is C74H120ClF5N12O12. The van der Waals surface area contributed by atoms with Gasteiger partial charge in [0.15, 0.2) is 0 Å². The molecule has 104 heavy (non-hydrogen) atoms. The molecular weight excluding hydrogens is 1380 g/mol. The molecule has 4 saturated carbocycles. The lowest BCUT2D eigenvalue weighted by Crippen LogP contribution is -2.65. The molecule has 0 radical (unpaired) electrons. The van der Waals surface area contributed by atoms with Crippen LogP contribution in [0.1, 0.15) is 207 Å². The average Bonchev–Trinajstić information content (AvgIpc) is 1.39. The lowest BCUT2D eigenvalue weighted by Gasteiger charge is -2.43. The van der Waals surface area contributed by atoms with E-state index in [0.717, 1.165) is 64.5 Å². The lowest BCUT2D eigenvalue weighted by atomic mass is 9.78. The van der Waals surface area contributed by atoms with Crippen molar-refractivity contribution in [2.75, 3.05) is 89.1 Å². The van der Waals surface area contributed by atoms with Gasteiger partial charge in [0.2, 0.25) is 77.3 Å². The number of piperidine rings is 1. The molecule has 590 valence electrons. The van der Waals surface area contributed by atoms with Crippen LogP contribution < -0.4 is 16.0 Å². The Labute approximate surface area is 617 Å². The number of nitrogens with zero attached hydrogens (tertiary/aromatic N) is 9. The van der Waals surface area contributed by atoms with Crippen LogP contribution in [0.25, 0.3) is 0 Å². The normalized spacial score (nSPS) is 29.0. The second kappa shape index (κ2) is 39.4. The van der Waals surface area contributed by atoms with Crippen molar-refractivity contribution in [2.24, 2.45) is 35.5 Å². The van der Waals surface area contributed by atoms with E-state index in [9.17, 15) is 50.7 Å². The number of alkyl halides is 6. The van der Waals surface area contributed by atoms with Crippen molar-refractivity contribution in [2.45, 2.75) is 273 Å². The zero-order chi connectivity index (χ0) is 77.2. The fraction of sp³-hybridized carbons (Fsp3) is 0.838. The molecule has 0 aromatic carbocycles. The number of hydrogen-bond acceptors (Lipinski definition) is 12. The molecule has 2 saturated heterocycles. The van der Waals surface area contributed by atoms with Crippen LogP contribution in [0, 0.1) is 35.5 Å². The highest BCUT2D eigenvalue weighted by Crippen LogP contribution is 2.44. The van der Waals surface area contributed by atoms with E-state index in [4.69, 9.17) is 11.6 Å². The SMILES string of the molecule is CC[C@H](C)[C@@H]1NC(=O)[C@H](CC(C)C)N(C)C(=O)C[C@@H](C(=O)N2CCCCC2)N(C)C(=O)[C@H](C2CCCCC2)N(C)C(=O)C2(CCCC2)NC(=O)[C@H](CCC(F)F)N(C)C(=O)[C@H](CCC2CCC(C(F)(F)F)C(Cl)C2)NC(=O)CN(C)C(=O)[C@H](CC2CCCCC2)N(C)C(=O)CN(C)C(=O)CN(C)C1=O. The van der Waals surface area contributed by atoms with Crippen LogP contribution in [0.3, 0.4) is 0 Å². The Morgan fingerprint density at radius 1 is 0.567 bits per heavy atom. The minimum atomic E-state index is -4.57. The number of carbonyl (C=O) groups excluding carboxylic acids is 12. The van der Waals surface area contributed by atoms with Crippen LogP contribution in [0.5, 0.6) is 0 Å². The molecule has 6 aliphatic rings. The molecule has 3 N–H and O–H groups in total. The van der Waals surface area contributed by atoms with E-state index in [2.05, 4.69) is 16.0 Å². The molecule has 0 aromatic rings. The number of halogens is 6. The average molecular weight is 1500 g/mol. The summed E-state index contributed by atoms with van der Waals surface area (Å²) in [6.45, 7) is 6.13. The van der Waals surface area contributed by atoms with E-state index in [1.165, 1.54) is 76.0 Å². The number of likely N-dealkylation sites (N-methyl/N-ethyl adjacent to an activating group) is 8. The van der Waals surface area contributed by atoms with Crippen LogP contribution in [0.4, 0.5) is 22.0 Å². The minimum absolute atomic E-state index is 0.0216. The van der Waals surface area contributed by atoms with E-state index in [-0.39, 0.29) is 69.6 Å². The van der Waals surface area contributed by atoms with Gasteiger partial charge in [0.1, 0.15) is 47.8 Å². The minimum Gasteiger partial charge on any atom is -0.343 e. The van der Waals surface area contributed by atoms with Crippen LogP contribution in [-0.2, 0) is 57.5 Å². The third-order valence-electron chi connectivity index (χ3n) is 23.4. The van der Waals surface area contributed by atoms with Crippen molar-refractivity contribution in [1.29, 1.82) is 0 Å². The molecule has 30 heteroatoms. The fourth-order valence-corrected chi connectivity index (χ4v) is 17.0. The standard InChI is InChI=1S/C74H120ClF5N12O12/c1-13-47(4)63-70(102)86(7)44-61(95)84(5)45-62(96)88(9)56(41-48-25-17-14-18-26-48)68(100)85(6)43-59(93)81-53(32-30-49-29-31-51(52(75)40-49)74(78,79)80)67(99)89(10)54(33-34-58(76)77)66(98)83-73(35-21-22-36-73)72(104)91(12)64(50-27-19-15-20-28-50)71(103)90(11)57(69(101)92-37-23-16-24-38-92)42-60(94)87(8)55(39-46(2)3)65(97)82-63/h46-58,63-64H,13-45H2,1-12H3,(H,81,93)(H,82,97)(H,83,98)/t47-,49?,51?,52?,53-,54-,55-,56-,57-,63-,64-/m0/s1. The van der Waals surface area contributed by atoms with Crippen LogP contribution >= 0.6 is 11.6 Å². The van der Waals surface area contributed by atoms with Crippen molar-refractivity contribution in [3.8, 4) is 0 Å². The largest absolute Gasteiger partial charge is 0.393 e. The van der Waals surface area contributed by atoms with E-state index >= 15 is 28.8 Å². The van der Waals surface area contributed by atoms with Gasteiger partial charge in [0.05, 0.1) is 32.0 Å². The molecule has 4 aliphatic carbocycles. The van der Waals surface area contributed by atoms with E-state index in [1.807, 2.05) is 20.8 Å². The fourth-order valence-electron chi connectivity index (χ4n) is 16.5. The Morgan fingerprint density at radius 2 is 1.14 bits per heavy atom. The van der Waals surface area contributed by atoms with Crippen LogP contribution in [0.2, 0.25) is 0 Å². The molecule has 12 amide bonds. The molecule has 11 atom stereocenters. The van der Waals surface area contributed by atoms with Crippen molar-refractivity contribution >= 4 is 82.5 Å². The summed E-state index contributed by atoms with van der Waals surface area (Å²) in [5, 5.41) is 7.18. The van der Waals surface area contributed by atoms with Gasteiger partial charge < -0.3 is 60.0 Å². The Hall–Kier alpha value is -6.42. The van der Waals surface area contributed by atoms with Gasteiger partial charge in [-0.15, -0.1) is 11.6 Å². The molecule has 24 nitrogen and oxygen atoms in total. The van der Waals surface area contributed by atoms with Gasteiger partial charge in [-0.05, 0) is 126 Å². The topological polar surface area (TPSA) is 270 Å². The van der Waals surface area contributed by atoms with Gasteiger partial charge in [0.25, 0.3) is 0 Å². The van der Waals surface area contributed by atoms with E-state index in [1.54, 1.807) is 11.8 Å². The van der Waals surface area contributed by atoms with Gasteiger partial charge in [-0.1, -0.05) is 98.3 Å². The maximum Gasteiger partial charge on any atom is 0.393 e. The molecule has 1 spiro atoms. The van der Waals surface area contributed by atoms with E-state index < -0.39 is 199 Å². The Balaban J connectivity index is 1.46. The van der Waals surface area contributed by atoms with Gasteiger partial charge in [-0.25, -0.2) is 8.78 Å². The Kier molecular flexibility index (Phi) is 32.8. The summed E-state index contributed by atoms with van der Waals surface area (Å²) >= 11 is 6.38. The Morgan fingerprint density at radius 3 is 1.72 bits per heavy atom. The quantitative estimate of drug-likeness (QED) is 0.114. The van der Waals surface area contributed by atoms with Crippen LogP contribution in [-0.4, -0.2) is 270 Å². The maximum absolute atomic E-state index is 15.9. The number of carbonyl (C=O) groups is 12. The zero-order valence-electron chi connectivity index (χ0n) is 63.7. The van der Waals surface area contributed by atoms with Crippen molar-refractivity contribution in [3.63, 3.8) is 0 Å². The highest BCUT2D eigenvalue weighted by atomic mass is 35.5. The first-order valence-electron chi connectivity index (χ1n) is 38.2. The highest BCUT2D eigenvalue weighted by molar-refractivity contribution is 6.21. The summed E-state index contributed by atoms with van der Waals surface area (Å²) in [7, 11) is 10.9. The molecule has 6 rings (SSSR count). The second-order valence-corrected chi connectivity index (χ2v) is 32.0. The molecule has 2 heterocycles. The first-order chi connectivity index (χ1) is 48.9. The van der Waals surface area contributed by atoms with Crippen molar-refractivity contribution in [3.05, 3.63) is 0 Å². The summed E-state index contributed by atoms with van der Waals surface area (Å²) in [4.78, 5) is 191. The predicted octanol–water partition coefficient (Wildman–Crippen LogP) is 7.37. The molecule has 2 aliphatic heterocycles. The van der Waals surface area contributed by atoms with Crippen molar-refractivity contribution < 1.29 is 79.5 Å². The smallest absolute Gasteiger partial charge is 0.343 e. The maximum atomic E-state index is 15.9. The Bertz CT molecular complexity index is 2960. The highest BCUT2D eigenvalue weighted by Gasteiger charge is 2.52. The zero-order valence-corrected chi connectivity index (χ0v) is 64.4. The summed E-state index contributed by atoms with van der Waals surface area (Å²) in [6, 6.07) is -9.67. The summed E-state index contributed by atoms with van der Waals surface area (Å²) in [6.07, 6.45) is 0.758. The summed E-state index contributed by atoms with van der Waals surface area (Å²) < 4.78 is 71.2. The summed E-state index contributed by atoms with van der Waals surface area (Å²) in [5.74, 6) is -12.3. The molecule has 6 fully saturated rings. The number of nitrogens with one attached hydrogen (secondary N) is 3. The van der Waals surface area contributed by atoms with Gasteiger partial charge >= 0.3 is 6.18 Å². The lowest BCUT2D eigenvalue weighted by molar-refractivity contribution is -0.182. The first kappa shape index (κ1) is 86.5. The number of amides is 12. The molecule has 0 bridgehead atoms.